The summed E-state index contributed by atoms with van der Waals surface area (Å²) in [5, 5.41) is 5.00. The van der Waals surface area contributed by atoms with Gasteiger partial charge in [0.15, 0.2) is 0 Å². The van der Waals surface area contributed by atoms with E-state index in [-0.39, 0.29) is 0 Å². The maximum absolute atomic E-state index is 12.0. The number of carbonyl (C=O) groups is 1. The molecule has 0 aliphatic rings. The van der Waals surface area contributed by atoms with Gasteiger partial charge in [0, 0.05) is 5.39 Å². The second-order valence-electron chi connectivity index (χ2n) is 5.04. The van der Waals surface area contributed by atoms with Gasteiger partial charge in [-0.1, -0.05) is 18.2 Å². The number of benzene rings is 1. The summed E-state index contributed by atoms with van der Waals surface area (Å²) in [6, 6.07) is 7.01. The normalized spacial score (nSPS) is 11.5. The molecule has 18 heavy (non-hydrogen) atoms. The quantitative estimate of drug-likeness (QED) is 0.763. The van der Waals surface area contributed by atoms with Crippen molar-refractivity contribution in [1.82, 2.24) is 9.94 Å². The van der Waals surface area contributed by atoms with Crippen LogP contribution in [0.5, 0.6) is 0 Å². The topological polar surface area (TPSA) is 61.2 Å². The highest BCUT2D eigenvalue weighted by atomic mass is 16.7. The van der Waals surface area contributed by atoms with E-state index in [4.69, 9.17) is 4.84 Å². The third-order valence-electron chi connectivity index (χ3n) is 2.45. The summed E-state index contributed by atoms with van der Waals surface area (Å²) in [5.41, 5.74) is -1.13. The lowest BCUT2D eigenvalue weighted by molar-refractivity contribution is -0.155. The fourth-order valence-electron chi connectivity index (χ4n) is 1.35. The van der Waals surface area contributed by atoms with Crippen molar-refractivity contribution in [3.63, 3.8) is 0 Å². The van der Waals surface area contributed by atoms with Gasteiger partial charge in [-0.05, 0) is 31.7 Å². The largest absolute Gasteiger partial charge is 0.340 e. The molecule has 0 unspecified atom stereocenters. The van der Waals surface area contributed by atoms with Crippen LogP contribution in [0.15, 0.2) is 35.3 Å². The van der Waals surface area contributed by atoms with E-state index in [1.165, 1.54) is 6.20 Å². The number of rotatable bonds is 1. The standard InChI is InChI=1S/C13H14N2O3/c1-13(2,3)12(17)18-15-11(16)10-7-5-4-6-9(10)8-14-15/h4-8H,1-3H3. The van der Waals surface area contributed by atoms with Gasteiger partial charge in [0.25, 0.3) is 0 Å². The molecule has 94 valence electrons. The highest BCUT2D eigenvalue weighted by molar-refractivity contribution is 5.80. The second kappa shape index (κ2) is 4.25. The predicted molar refractivity (Wildman–Crippen MR) is 67.0 cm³/mol. The molecule has 0 saturated heterocycles. The van der Waals surface area contributed by atoms with Crippen LogP contribution in [0, 0.1) is 5.41 Å². The number of aromatic nitrogens is 2. The third-order valence-corrected chi connectivity index (χ3v) is 2.45. The Balaban J connectivity index is 2.45. The number of hydrogen-bond acceptors (Lipinski definition) is 4. The summed E-state index contributed by atoms with van der Waals surface area (Å²) in [6.45, 7) is 5.13. The van der Waals surface area contributed by atoms with E-state index in [0.717, 1.165) is 4.85 Å². The summed E-state index contributed by atoms with van der Waals surface area (Å²) < 4.78 is 0. The van der Waals surface area contributed by atoms with Gasteiger partial charge < -0.3 is 4.84 Å². The van der Waals surface area contributed by atoms with Crippen LogP contribution in [0.4, 0.5) is 0 Å². The van der Waals surface area contributed by atoms with Gasteiger partial charge in [-0.15, -0.1) is 5.10 Å². The van der Waals surface area contributed by atoms with Crippen LogP contribution in [0.2, 0.25) is 0 Å². The molecule has 0 atom stereocenters. The Hall–Kier alpha value is -2.17. The van der Waals surface area contributed by atoms with Gasteiger partial charge in [0.1, 0.15) is 0 Å². The summed E-state index contributed by atoms with van der Waals surface area (Å²) in [4.78, 5) is 29.4. The number of fused-ring (bicyclic) bond motifs is 1. The van der Waals surface area contributed by atoms with Crippen molar-refractivity contribution in [2.75, 3.05) is 0 Å². The minimum absolute atomic E-state index is 0.439. The van der Waals surface area contributed by atoms with Crippen molar-refractivity contribution >= 4 is 16.7 Å². The van der Waals surface area contributed by atoms with Gasteiger partial charge in [-0.3, -0.25) is 4.79 Å². The Bertz CT molecular complexity index is 653. The van der Waals surface area contributed by atoms with Gasteiger partial charge in [-0.25, -0.2) is 4.79 Å². The predicted octanol–water partition coefficient (Wildman–Crippen LogP) is 1.40. The fourth-order valence-corrected chi connectivity index (χ4v) is 1.35. The molecule has 0 aliphatic heterocycles. The van der Waals surface area contributed by atoms with Crippen LogP contribution in [0.1, 0.15) is 20.8 Å². The van der Waals surface area contributed by atoms with Crippen LogP contribution in [-0.4, -0.2) is 15.9 Å². The number of carbonyl (C=O) groups excluding carboxylic acids is 1. The summed E-state index contributed by atoms with van der Waals surface area (Å²) >= 11 is 0. The monoisotopic (exact) mass is 246 g/mol. The lowest BCUT2D eigenvalue weighted by Gasteiger charge is -2.15. The highest BCUT2D eigenvalue weighted by Gasteiger charge is 2.25. The highest BCUT2D eigenvalue weighted by Crippen LogP contribution is 2.13. The van der Waals surface area contributed by atoms with Crippen LogP contribution >= 0.6 is 0 Å². The first-order valence-electron chi connectivity index (χ1n) is 5.59. The molecule has 5 heteroatoms. The smallest absolute Gasteiger partial charge is 0.315 e. The van der Waals surface area contributed by atoms with Crippen LogP contribution in [0.25, 0.3) is 10.8 Å². The Kier molecular flexibility index (Phi) is 2.90. The van der Waals surface area contributed by atoms with Crippen LogP contribution in [-0.2, 0) is 4.79 Å². The summed E-state index contributed by atoms with van der Waals surface area (Å²) in [6.07, 6.45) is 1.49. The van der Waals surface area contributed by atoms with Crippen molar-refractivity contribution in [3.05, 3.63) is 40.8 Å². The van der Waals surface area contributed by atoms with Gasteiger partial charge in [-0.2, -0.15) is 0 Å². The molecule has 1 aromatic carbocycles. The summed E-state index contributed by atoms with van der Waals surface area (Å²) in [7, 11) is 0. The zero-order valence-corrected chi connectivity index (χ0v) is 10.5. The lowest BCUT2D eigenvalue weighted by atomic mass is 9.98. The lowest BCUT2D eigenvalue weighted by Crippen LogP contribution is -2.38. The first-order valence-corrected chi connectivity index (χ1v) is 5.59. The van der Waals surface area contributed by atoms with E-state index in [0.29, 0.717) is 10.8 Å². The third kappa shape index (κ3) is 2.25. The average Bonchev–Trinajstić information content (AvgIpc) is 2.32. The van der Waals surface area contributed by atoms with Crippen LogP contribution < -0.4 is 10.4 Å². The molecule has 0 fully saturated rings. The zero-order chi connectivity index (χ0) is 13.3. The SMILES string of the molecule is CC(C)(C)C(=O)On1ncc2ccccc2c1=O. The summed E-state index contributed by atoms with van der Waals surface area (Å²) in [5.74, 6) is -0.507. The maximum atomic E-state index is 12.0. The van der Waals surface area contributed by atoms with Crippen molar-refractivity contribution in [3.8, 4) is 0 Å². The van der Waals surface area contributed by atoms with Gasteiger partial charge >= 0.3 is 11.5 Å². The molecule has 0 radical (unpaired) electrons. The second-order valence-corrected chi connectivity index (χ2v) is 5.04. The molecule has 2 rings (SSSR count). The Labute approximate surface area is 104 Å². The van der Waals surface area contributed by atoms with E-state index in [1.54, 1.807) is 39.0 Å². The van der Waals surface area contributed by atoms with Crippen LogP contribution in [0.3, 0.4) is 0 Å². The number of nitrogens with zero attached hydrogens (tertiary/aromatic N) is 2. The Morgan fingerprint density at radius 3 is 2.61 bits per heavy atom. The van der Waals surface area contributed by atoms with Crippen molar-refractivity contribution in [1.29, 1.82) is 0 Å². The molecule has 0 spiro atoms. The maximum Gasteiger partial charge on any atom is 0.340 e. The number of hydrogen-bond donors (Lipinski definition) is 0. The molecule has 0 saturated carbocycles. The minimum atomic E-state index is -0.688. The van der Waals surface area contributed by atoms with E-state index in [1.807, 2.05) is 6.07 Å². The minimum Gasteiger partial charge on any atom is -0.315 e. The first kappa shape index (κ1) is 12.3. The molecule has 0 aliphatic carbocycles. The molecule has 1 aromatic heterocycles. The first-order chi connectivity index (χ1) is 8.39. The average molecular weight is 246 g/mol. The van der Waals surface area contributed by atoms with Crippen molar-refractivity contribution in [2.24, 2.45) is 5.41 Å². The zero-order valence-electron chi connectivity index (χ0n) is 10.5. The fraction of sp³-hybridized carbons (Fsp3) is 0.308. The Morgan fingerprint density at radius 1 is 1.28 bits per heavy atom. The van der Waals surface area contributed by atoms with Crippen molar-refractivity contribution in [2.45, 2.75) is 20.8 Å². The van der Waals surface area contributed by atoms with E-state index < -0.39 is 16.9 Å². The van der Waals surface area contributed by atoms with Gasteiger partial charge in [0.2, 0.25) is 0 Å². The Morgan fingerprint density at radius 2 is 1.94 bits per heavy atom. The van der Waals surface area contributed by atoms with E-state index >= 15 is 0 Å². The van der Waals surface area contributed by atoms with Crippen molar-refractivity contribution < 1.29 is 9.63 Å². The molecular weight excluding hydrogens is 232 g/mol. The molecular formula is C13H14N2O3. The van der Waals surface area contributed by atoms with E-state index in [2.05, 4.69) is 5.10 Å². The molecule has 0 amide bonds. The molecule has 0 bridgehead atoms. The molecule has 0 N–H and O–H groups in total. The molecule has 5 nitrogen and oxygen atoms in total. The molecule has 2 aromatic rings. The molecule has 1 heterocycles. The van der Waals surface area contributed by atoms with E-state index in [9.17, 15) is 9.59 Å². The van der Waals surface area contributed by atoms with Gasteiger partial charge in [0.05, 0.1) is 17.0 Å².